The third-order valence-electron chi connectivity index (χ3n) is 4.71. The van der Waals surface area contributed by atoms with Crippen LogP contribution in [0.3, 0.4) is 0 Å². The molecule has 1 fully saturated rings. The summed E-state index contributed by atoms with van der Waals surface area (Å²) < 4.78 is 11.0. The molecule has 1 saturated heterocycles. The van der Waals surface area contributed by atoms with Gasteiger partial charge in [0.15, 0.2) is 0 Å². The van der Waals surface area contributed by atoms with Crippen molar-refractivity contribution in [2.45, 2.75) is 13.0 Å². The van der Waals surface area contributed by atoms with E-state index < -0.39 is 5.97 Å². The van der Waals surface area contributed by atoms with Gasteiger partial charge in [0, 0.05) is 49.0 Å². The monoisotopic (exact) mass is 366 g/mol. The summed E-state index contributed by atoms with van der Waals surface area (Å²) in [5.41, 5.74) is 2.19. The van der Waals surface area contributed by atoms with Crippen LogP contribution < -0.4 is 15.0 Å². The number of carbonyl (C=O) groups excluding carboxylic acids is 1. The Morgan fingerprint density at radius 3 is 3.00 bits per heavy atom. The molecule has 2 aromatic heterocycles. The summed E-state index contributed by atoms with van der Waals surface area (Å²) in [6, 6.07) is 9.81. The minimum Gasteiger partial charge on any atom is -0.465 e. The highest BCUT2D eigenvalue weighted by Crippen LogP contribution is 2.31. The Kier molecular flexibility index (Phi) is 4.68. The van der Waals surface area contributed by atoms with Crippen LogP contribution in [0.25, 0.3) is 11.0 Å². The smallest absolute Gasteiger partial charge is 0.341 e. The number of benzene rings is 1. The first-order valence-corrected chi connectivity index (χ1v) is 8.96. The van der Waals surface area contributed by atoms with E-state index in [1.807, 2.05) is 30.5 Å². The predicted octanol–water partition coefficient (Wildman–Crippen LogP) is 2.94. The van der Waals surface area contributed by atoms with E-state index in [2.05, 4.69) is 27.1 Å². The van der Waals surface area contributed by atoms with Crippen LogP contribution in [0.5, 0.6) is 11.5 Å². The number of pyridine rings is 1. The molecule has 27 heavy (non-hydrogen) atoms. The van der Waals surface area contributed by atoms with E-state index in [1.165, 1.54) is 7.11 Å². The number of esters is 1. The van der Waals surface area contributed by atoms with Crippen LogP contribution in [-0.2, 0) is 4.74 Å². The van der Waals surface area contributed by atoms with Gasteiger partial charge < -0.3 is 24.7 Å². The minimum absolute atomic E-state index is 0.388. The highest BCUT2D eigenvalue weighted by atomic mass is 16.5. The van der Waals surface area contributed by atoms with Crippen molar-refractivity contribution in [2.24, 2.45) is 0 Å². The third-order valence-corrected chi connectivity index (χ3v) is 4.71. The molecule has 7 heteroatoms. The number of carbonyl (C=O) groups is 1. The standard InChI is InChI=1S/C20H22N4O3/c1-13-12-24(8-7-21-13)15-3-4-17(20(25)26-2)18(10-15)27-16-9-14-5-6-22-19(14)23-11-16/h3-6,9-11,13,21H,7-8,12H2,1-2H3,(H,22,23). The lowest BCUT2D eigenvalue weighted by atomic mass is 10.1. The fourth-order valence-corrected chi connectivity index (χ4v) is 3.34. The molecule has 0 bridgehead atoms. The van der Waals surface area contributed by atoms with Gasteiger partial charge in [-0.15, -0.1) is 0 Å². The normalized spacial score (nSPS) is 17.1. The van der Waals surface area contributed by atoms with E-state index >= 15 is 0 Å². The first-order chi connectivity index (χ1) is 13.1. The maximum Gasteiger partial charge on any atom is 0.341 e. The van der Waals surface area contributed by atoms with Crippen molar-refractivity contribution in [2.75, 3.05) is 31.6 Å². The Morgan fingerprint density at radius 2 is 2.19 bits per heavy atom. The van der Waals surface area contributed by atoms with E-state index in [1.54, 1.807) is 12.3 Å². The molecular formula is C20H22N4O3. The largest absolute Gasteiger partial charge is 0.465 e. The maximum absolute atomic E-state index is 12.2. The number of rotatable bonds is 4. The second-order valence-electron chi connectivity index (χ2n) is 6.66. The zero-order valence-electron chi connectivity index (χ0n) is 15.4. The topological polar surface area (TPSA) is 79.5 Å². The third kappa shape index (κ3) is 3.59. The second kappa shape index (κ2) is 7.28. The first-order valence-electron chi connectivity index (χ1n) is 8.96. The first kappa shape index (κ1) is 17.4. The van der Waals surface area contributed by atoms with Crippen LogP contribution in [0.2, 0.25) is 0 Å². The SMILES string of the molecule is COC(=O)c1ccc(N2CCNC(C)C2)cc1Oc1cnc2[nH]ccc2c1. The predicted molar refractivity (Wildman–Crippen MR) is 104 cm³/mol. The molecule has 0 amide bonds. The molecule has 0 spiro atoms. The lowest BCUT2D eigenvalue weighted by molar-refractivity contribution is 0.0598. The Morgan fingerprint density at radius 1 is 1.30 bits per heavy atom. The number of fused-ring (bicyclic) bond motifs is 1. The molecule has 1 unspecified atom stereocenters. The lowest BCUT2D eigenvalue weighted by Gasteiger charge is -2.34. The number of aromatic nitrogens is 2. The van der Waals surface area contributed by atoms with E-state index in [9.17, 15) is 4.79 Å². The highest BCUT2D eigenvalue weighted by molar-refractivity contribution is 5.93. The van der Waals surface area contributed by atoms with Gasteiger partial charge in [-0.25, -0.2) is 9.78 Å². The molecule has 7 nitrogen and oxygen atoms in total. The molecule has 4 rings (SSSR count). The van der Waals surface area contributed by atoms with E-state index in [-0.39, 0.29) is 0 Å². The minimum atomic E-state index is -0.430. The van der Waals surface area contributed by atoms with Crippen LogP contribution in [-0.4, -0.2) is 48.7 Å². The van der Waals surface area contributed by atoms with Gasteiger partial charge in [0.1, 0.15) is 22.7 Å². The Hall–Kier alpha value is -3.06. The summed E-state index contributed by atoms with van der Waals surface area (Å²) in [4.78, 5) is 21.9. The molecule has 1 aliphatic rings. The fraction of sp³-hybridized carbons (Fsp3) is 0.300. The molecule has 0 saturated carbocycles. The van der Waals surface area contributed by atoms with Crippen molar-refractivity contribution in [1.82, 2.24) is 15.3 Å². The van der Waals surface area contributed by atoms with Crippen molar-refractivity contribution in [3.05, 3.63) is 48.3 Å². The number of hydrogen-bond acceptors (Lipinski definition) is 6. The zero-order chi connectivity index (χ0) is 18.8. The molecule has 3 aromatic rings. The van der Waals surface area contributed by atoms with Crippen molar-refractivity contribution >= 4 is 22.7 Å². The average molecular weight is 366 g/mol. The molecule has 140 valence electrons. The summed E-state index contributed by atoms with van der Waals surface area (Å²) in [5, 5.41) is 4.37. The summed E-state index contributed by atoms with van der Waals surface area (Å²) in [6.07, 6.45) is 3.47. The number of aromatic amines is 1. The van der Waals surface area contributed by atoms with Crippen LogP contribution in [0.1, 0.15) is 17.3 Å². The van der Waals surface area contributed by atoms with Gasteiger partial charge in [-0.3, -0.25) is 0 Å². The number of nitrogens with zero attached hydrogens (tertiary/aromatic N) is 2. The molecule has 0 radical (unpaired) electrons. The van der Waals surface area contributed by atoms with Crippen molar-refractivity contribution in [1.29, 1.82) is 0 Å². The maximum atomic E-state index is 12.2. The van der Waals surface area contributed by atoms with Crippen LogP contribution >= 0.6 is 0 Å². The molecule has 1 aromatic carbocycles. The van der Waals surface area contributed by atoms with Crippen LogP contribution in [0, 0.1) is 0 Å². The van der Waals surface area contributed by atoms with Gasteiger partial charge in [-0.1, -0.05) is 0 Å². The van der Waals surface area contributed by atoms with Crippen LogP contribution in [0.4, 0.5) is 5.69 Å². The van der Waals surface area contributed by atoms with Gasteiger partial charge in [-0.2, -0.15) is 0 Å². The van der Waals surface area contributed by atoms with Gasteiger partial charge in [-0.05, 0) is 31.2 Å². The Balaban J connectivity index is 1.68. The number of nitrogens with one attached hydrogen (secondary N) is 2. The number of methoxy groups -OCH3 is 1. The second-order valence-corrected chi connectivity index (χ2v) is 6.66. The number of H-pyrrole nitrogens is 1. The highest BCUT2D eigenvalue weighted by Gasteiger charge is 2.20. The molecule has 3 heterocycles. The van der Waals surface area contributed by atoms with Gasteiger partial charge >= 0.3 is 5.97 Å². The summed E-state index contributed by atoms with van der Waals surface area (Å²) in [7, 11) is 1.37. The van der Waals surface area contributed by atoms with Crippen molar-refractivity contribution in [3.8, 4) is 11.5 Å². The Bertz CT molecular complexity index is 969. The molecule has 2 N–H and O–H groups in total. The van der Waals surface area contributed by atoms with Gasteiger partial charge in [0.25, 0.3) is 0 Å². The molecule has 0 aliphatic carbocycles. The van der Waals surface area contributed by atoms with E-state index in [0.29, 0.717) is 23.1 Å². The molecular weight excluding hydrogens is 344 g/mol. The summed E-state index contributed by atoms with van der Waals surface area (Å²) in [6.45, 7) is 4.88. The lowest BCUT2D eigenvalue weighted by Crippen LogP contribution is -2.49. The van der Waals surface area contributed by atoms with Crippen molar-refractivity contribution in [3.63, 3.8) is 0 Å². The van der Waals surface area contributed by atoms with Crippen molar-refractivity contribution < 1.29 is 14.3 Å². The zero-order valence-corrected chi connectivity index (χ0v) is 15.4. The number of hydrogen-bond donors (Lipinski definition) is 2. The molecule has 1 atom stereocenters. The summed E-state index contributed by atoms with van der Waals surface area (Å²) in [5.74, 6) is 0.598. The van der Waals surface area contributed by atoms with Gasteiger partial charge in [0.05, 0.1) is 13.3 Å². The number of ether oxygens (including phenoxy) is 2. The Labute approximate surface area is 157 Å². The fourth-order valence-electron chi connectivity index (χ4n) is 3.34. The quantitative estimate of drug-likeness (QED) is 0.691. The van der Waals surface area contributed by atoms with Gasteiger partial charge in [0.2, 0.25) is 0 Å². The molecule has 1 aliphatic heterocycles. The average Bonchev–Trinajstić information content (AvgIpc) is 3.15. The number of piperazine rings is 1. The van der Waals surface area contributed by atoms with E-state index in [4.69, 9.17) is 9.47 Å². The van der Waals surface area contributed by atoms with E-state index in [0.717, 1.165) is 36.4 Å². The van der Waals surface area contributed by atoms with Crippen LogP contribution in [0.15, 0.2) is 42.7 Å². The number of anilines is 1. The summed E-state index contributed by atoms with van der Waals surface area (Å²) >= 11 is 0.